The van der Waals surface area contributed by atoms with Gasteiger partial charge >= 0.3 is 0 Å². The van der Waals surface area contributed by atoms with E-state index < -0.39 is 0 Å². The van der Waals surface area contributed by atoms with E-state index in [0.717, 1.165) is 5.69 Å². The van der Waals surface area contributed by atoms with Gasteiger partial charge in [0.05, 0.1) is 6.20 Å². The van der Waals surface area contributed by atoms with Crippen LogP contribution in [0.2, 0.25) is 0 Å². The Labute approximate surface area is 56.7 Å². The van der Waals surface area contributed by atoms with Crippen LogP contribution >= 0.6 is 0 Å². The van der Waals surface area contributed by atoms with Crippen LogP contribution in [0.4, 0.5) is 0 Å². The van der Waals surface area contributed by atoms with Gasteiger partial charge in [0.2, 0.25) is 0 Å². The molecule has 0 unspecified atom stereocenters. The highest BCUT2D eigenvalue weighted by Crippen LogP contribution is 1.96. The van der Waals surface area contributed by atoms with Gasteiger partial charge in [-0.25, -0.2) is 4.98 Å². The maximum Gasteiger partial charge on any atom is 0.199 e. The fourth-order valence-corrected chi connectivity index (χ4v) is 0.761. The van der Waals surface area contributed by atoms with Crippen molar-refractivity contribution in [2.75, 3.05) is 0 Å². The molecule has 0 N–H and O–H groups in total. The second-order valence-corrected chi connectivity index (χ2v) is 1.93. The highest BCUT2D eigenvalue weighted by Gasteiger charge is 1.99. The second kappa shape index (κ2) is 1.73. The molecule has 0 amide bonds. The Morgan fingerprint density at radius 3 is 3.10 bits per heavy atom. The van der Waals surface area contributed by atoms with Crippen LogP contribution in [0.15, 0.2) is 12.4 Å². The van der Waals surface area contributed by atoms with Crippen molar-refractivity contribution < 1.29 is 0 Å². The van der Waals surface area contributed by atoms with Gasteiger partial charge in [-0.05, 0) is 12.1 Å². The van der Waals surface area contributed by atoms with Crippen LogP contribution in [-0.2, 0) is 0 Å². The highest BCUT2D eigenvalue weighted by molar-refractivity contribution is 5.38. The zero-order valence-electron chi connectivity index (χ0n) is 5.39. The lowest BCUT2D eigenvalue weighted by Gasteiger charge is -1.84. The van der Waals surface area contributed by atoms with E-state index in [1.165, 1.54) is 4.63 Å². The second-order valence-electron chi connectivity index (χ2n) is 1.93. The van der Waals surface area contributed by atoms with E-state index in [1.807, 2.05) is 6.92 Å². The van der Waals surface area contributed by atoms with Gasteiger partial charge in [0, 0.05) is 6.20 Å². The fraction of sp³-hybridized carbons (Fsp3) is 0.200. The first kappa shape index (κ1) is 5.28. The van der Waals surface area contributed by atoms with Crippen molar-refractivity contribution in [3.05, 3.63) is 18.1 Å². The van der Waals surface area contributed by atoms with Crippen molar-refractivity contribution in [3.8, 4) is 0 Å². The van der Waals surface area contributed by atoms with Crippen molar-refractivity contribution >= 4 is 5.65 Å². The van der Waals surface area contributed by atoms with Crippen molar-refractivity contribution in [3.63, 3.8) is 0 Å². The number of fused-ring (bicyclic) bond motifs is 1. The number of hydrogen-bond acceptors (Lipinski definition) is 4. The third-order valence-corrected chi connectivity index (χ3v) is 1.23. The summed E-state index contributed by atoms with van der Waals surface area (Å²) in [4.78, 5) is 4.02. The molecule has 0 saturated heterocycles. The molecular weight excluding hydrogens is 130 g/mol. The molecule has 0 saturated carbocycles. The largest absolute Gasteiger partial charge is 0.232 e. The molecule has 2 rings (SSSR count). The smallest absolute Gasteiger partial charge is 0.199 e. The molecule has 2 heterocycles. The lowest BCUT2D eigenvalue weighted by molar-refractivity contribution is 0.731. The van der Waals surface area contributed by atoms with Crippen LogP contribution in [0.5, 0.6) is 0 Å². The average Bonchev–Trinajstić information content (AvgIpc) is 2.34. The van der Waals surface area contributed by atoms with E-state index >= 15 is 0 Å². The molecular formula is C5H5N5. The van der Waals surface area contributed by atoms with Crippen LogP contribution in [0, 0.1) is 6.92 Å². The fourth-order valence-electron chi connectivity index (χ4n) is 0.761. The summed E-state index contributed by atoms with van der Waals surface area (Å²) in [5.74, 6) is 0. The van der Waals surface area contributed by atoms with E-state index in [-0.39, 0.29) is 0 Å². The molecule has 5 nitrogen and oxygen atoms in total. The first-order chi connectivity index (χ1) is 4.88. The molecule has 0 aliphatic carbocycles. The summed E-state index contributed by atoms with van der Waals surface area (Å²) in [7, 11) is 0. The minimum atomic E-state index is 0.711. The standard InChI is InChI=1S/C5H5N5/c1-4-5-6-2-3-7-10(5)9-8-4/h2-3H,1H3. The van der Waals surface area contributed by atoms with Crippen LogP contribution in [0.3, 0.4) is 0 Å². The Bertz CT molecular complexity index is 352. The molecule has 0 aromatic carbocycles. The van der Waals surface area contributed by atoms with Gasteiger partial charge in [0.15, 0.2) is 5.65 Å². The van der Waals surface area contributed by atoms with Crippen molar-refractivity contribution in [1.29, 1.82) is 0 Å². The highest BCUT2D eigenvalue weighted by atomic mass is 15.5. The third-order valence-electron chi connectivity index (χ3n) is 1.23. The molecule has 0 fully saturated rings. The van der Waals surface area contributed by atoms with E-state index in [0.29, 0.717) is 5.65 Å². The summed E-state index contributed by atoms with van der Waals surface area (Å²) in [6.07, 6.45) is 3.19. The quantitative estimate of drug-likeness (QED) is 0.503. The molecule has 0 aliphatic rings. The summed E-state index contributed by atoms with van der Waals surface area (Å²) in [6, 6.07) is 0. The van der Waals surface area contributed by atoms with Crippen LogP contribution in [-0.4, -0.2) is 25.0 Å². The SMILES string of the molecule is Cc1nnn2nccnc12. The van der Waals surface area contributed by atoms with E-state index in [9.17, 15) is 0 Å². The first-order valence-corrected chi connectivity index (χ1v) is 2.87. The van der Waals surface area contributed by atoms with Gasteiger partial charge in [-0.2, -0.15) is 5.10 Å². The van der Waals surface area contributed by atoms with E-state index in [4.69, 9.17) is 0 Å². The van der Waals surface area contributed by atoms with Gasteiger partial charge in [-0.15, -0.1) is 9.73 Å². The van der Waals surface area contributed by atoms with Crippen molar-refractivity contribution in [2.45, 2.75) is 6.92 Å². The molecule has 0 spiro atoms. The molecule has 0 radical (unpaired) electrons. The zero-order valence-corrected chi connectivity index (χ0v) is 5.39. The number of aryl methyl sites for hydroxylation is 1. The minimum Gasteiger partial charge on any atom is -0.232 e. The lowest BCUT2D eigenvalue weighted by atomic mass is 10.5. The van der Waals surface area contributed by atoms with Crippen molar-refractivity contribution in [2.24, 2.45) is 0 Å². The number of aromatic nitrogens is 5. The Morgan fingerprint density at radius 2 is 2.30 bits per heavy atom. The summed E-state index contributed by atoms with van der Waals surface area (Å²) in [5, 5.41) is 11.4. The Kier molecular flexibility index (Phi) is 0.913. The van der Waals surface area contributed by atoms with Gasteiger partial charge in [-0.1, -0.05) is 0 Å². The topological polar surface area (TPSA) is 56.0 Å². The van der Waals surface area contributed by atoms with Gasteiger partial charge < -0.3 is 0 Å². The summed E-state index contributed by atoms with van der Waals surface area (Å²) in [6.45, 7) is 1.84. The molecule has 0 aliphatic heterocycles. The van der Waals surface area contributed by atoms with E-state index in [1.54, 1.807) is 12.4 Å². The Morgan fingerprint density at radius 1 is 1.40 bits per heavy atom. The number of rotatable bonds is 0. The van der Waals surface area contributed by atoms with Gasteiger partial charge in [0.1, 0.15) is 5.69 Å². The van der Waals surface area contributed by atoms with Gasteiger partial charge in [0.25, 0.3) is 0 Å². The molecule has 2 aromatic heterocycles. The predicted octanol–water partition coefficient (Wildman–Crippen LogP) is -0.172. The molecule has 5 heteroatoms. The lowest BCUT2D eigenvalue weighted by Crippen LogP contribution is -1.93. The number of hydrogen-bond donors (Lipinski definition) is 0. The molecule has 50 valence electrons. The minimum absolute atomic E-state index is 0.711. The van der Waals surface area contributed by atoms with Gasteiger partial charge in [-0.3, -0.25) is 0 Å². The summed E-state index contributed by atoms with van der Waals surface area (Å²) >= 11 is 0. The van der Waals surface area contributed by atoms with Crippen LogP contribution in [0.1, 0.15) is 5.69 Å². The monoisotopic (exact) mass is 135 g/mol. The molecule has 0 bridgehead atoms. The zero-order chi connectivity index (χ0) is 6.97. The molecule has 0 atom stereocenters. The molecule has 10 heavy (non-hydrogen) atoms. The van der Waals surface area contributed by atoms with Crippen LogP contribution in [0.25, 0.3) is 5.65 Å². The first-order valence-electron chi connectivity index (χ1n) is 2.87. The maximum atomic E-state index is 4.02. The average molecular weight is 135 g/mol. The summed E-state index contributed by atoms with van der Waals surface area (Å²) in [5.41, 5.74) is 1.51. The summed E-state index contributed by atoms with van der Waals surface area (Å²) < 4.78 is 1.40. The Balaban J connectivity index is 2.93. The normalized spacial score (nSPS) is 10.5. The predicted molar refractivity (Wildman–Crippen MR) is 33.3 cm³/mol. The van der Waals surface area contributed by atoms with Crippen LogP contribution < -0.4 is 0 Å². The maximum absolute atomic E-state index is 4.02. The van der Waals surface area contributed by atoms with E-state index in [2.05, 4.69) is 20.4 Å². The Hall–Kier alpha value is -1.52. The third kappa shape index (κ3) is 0.570. The van der Waals surface area contributed by atoms with Crippen molar-refractivity contribution in [1.82, 2.24) is 25.0 Å². The number of nitrogens with zero attached hydrogens (tertiary/aromatic N) is 5. The molecule has 2 aromatic rings.